The van der Waals surface area contributed by atoms with Crippen molar-refractivity contribution in [3.63, 3.8) is 0 Å². The van der Waals surface area contributed by atoms with Gasteiger partial charge in [0.05, 0.1) is 16.3 Å². The van der Waals surface area contributed by atoms with Gasteiger partial charge in [-0.05, 0) is 66.2 Å². The highest BCUT2D eigenvalue weighted by molar-refractivity contribution is 7.92. The molecule has 238 valence electrons. The Labute approximate surface area is 261 Å². The number of aliphatic carboxylic acids is 1. The number of sulfonamides is 1. The fourth-order valence-corrected chi connectivity index (χ4v) is 5.86. The van der Waals surface area contributed by atoms with Crippen LogP contribution in [0.15, 0.2) is 90.1 Å². The Bertz CT molecular complexity index is 1890. The molecule has 15 heteroatoms. The second-order valence-corrected chi connectivity index (χ2v) is 12.1. The number of imide groups is 1. The number of nitrogens with one attached hydrogen (secondary N) is 2. The number of hydrogen-bond donors (Lipinski definition) is 3. The lowest BCUT2D eigenvalue weighted by atomic mass is 10.0. The highest BCUT2D eigenvalue weighted by Crippen LogP contribution is 2.24. The first kappa shape index (κ1) is 31.8. The SMILES string of the molecule is CN1CCC(=O)N(c2ccc(C[C@H](NC(=O)c3c(F)cc(NS(=O)(=O)c4ccc(-n5cccc5)cc4)cc3F)C(=O)O)cc2)C1=O. The Balaban J connectivity index is 1.27. The van der Waals surface area contributed by atoms with Crippen molar-refractivity contribution in [2.45, 2.75) is 23.8 Å². The molecule has 1 aromatic heterocycles. The number of rotatable bonds is 10. The topological polar surface area (TPSA) is 158 Å². The fraction of sp³-hybridized carbons (Fsp3) is 0.161. The second-order valence-electron chi connectivity index (χ2n) is 10.4. The molecule has 1 atom stereocenters. The summed E-state index contributed by atoms with van der Waals surface area (Å²) in [6.07, 6.45) is 3.38. The summed E-state index contributed by atoms with van der Waals surface area (Å²) in [5.41, 5.74) is -0.255. The molecule has 0 spiro atoms. The van der Waals surface area contributed by atoms with E-state index >= 15 is 0 Å². The Morgan fingerprint density at radius 2 is 1.52 bits per heavy atom. The first-order valence-electron chi connectivity index (χ1n) is 13.8. The van der Waals surface area contributed by atoms with Crippen LogP contribution < -0.4 is 14.9 Å². The number of carboxylic acid groups (broad SMARTS) is 1. The highest BCUT2D eigenvalue weighted by Gasteiger charge is 2.31. The predicted molar refractivity (Wildman–Crippen MR) is 162 cm³/mol. The molecule has 0 unspecified atom stereocenters. The maximum atomic E-state index is 15.0. The van der Waals surface area contributed by atoms with Crippen LogP contribution in [0.3, 0.4) is 0 Å². The molecule has 3 N–H and O–H groups in total. The van der Waals surface area contributed by atoms with Crippen LogP contribution in [0.1, 0.15) is 22.3 Å². The van der Waals surface area contributed by atoms with Gasteiger partial charge in [-0.25, -0.2) is 31.7 Å². The molecule has 1 aliphatic rings. The van der Waals surface area contributed by atoms with Crippen LogP contribution in [0.4, 0.5) is 25.0 Å². The Hall–Kier alpha value is -5.57. The van der Waals surface area contributed by atoms with E-state index in [2.05, 4.69) is 10.0 Å². The molecule has 5 rings (SSSR count). The van der Waals surface area contributed by atoms with Crippen molar-refractivity contribution < 1.29 is 41.5 Å². The van der Waals surface area contributed by atoms with Crippen molar-refractivity contribution in [1.29, 1.82) is 0 Å². The van der Waals surface area contributed by atoms with Crippen molar-refractivity contribution in [3.05, 3.63) is 108 Å². The normalized spacial score (nSPS) is 14.2. The van der Waals surface area contributed by atoms with E-state index in [0.29, 0.717) is 23.4 Å². The number of anilines is 2. The van der Waals surface area contributed by atoms with Crippen LogP contribution in [0, 0.1) is 11.6 Å². The highest BCUT2D eigenvalue weighted by atomic mass is 32.2. The van der Waals surface area contributed by atoms with E-state index in [9.17, 15) is 41.5 Å². The molecule has 4 aromatic rings. The molecule has 1 saturated heterocycles. The van der Waals surface area contributed by atoms with E-state index in [1.54, 1.807) is 48.3 Å². The monoisotopic (exact) mass is 651 g/mol. The Morgan fingerprint density at radius 1 is 0.935 bits per heavy atom. The van der Waals surface area contributed by atoms with Gasteiger partial charge in [0.15, 0.2) is 0 Å². The summed E-state index contributed by atoms with van der Waals surface area (Å²) in [6.45, 7) is 0.288. The van der Waals surface area contributed by atoms with E-state index in [0.717, 1.165) is 4.90 Å². The summed E-state index contributed by atoms with van der Waals surface area (Å²) < 4.78 is 59.5. The average molecular weight is 652 g/mol. The van der Waals surface area contributed by atoms with Gasteiger partial charge in [-0.3, -0.25) is 14.3 Å². The van der Waals surface area contributed by atoms with Crippen LogP contribution in [0.5, 0.6) is 0 Å². The van der Waals surface area contributed by atoms with Gasteiger partial charge in [-0.15, -0.1) is 0 Å². The number of benzene rings is 3. The number of amides is 4. The second kappa shape index (κ2) is 12.8. The molecule has 3 aromatic carbocycles. The van der Waals surface area contributed by atoms with Gasteiger partial charge in [-0.2, -0.15) is 0 Å². The maximum Gasteiger partial charge on any atom is 0.331 e. The van der Waals surface area contributed by atoms with E-state index in [1.807, 2.05) is 0 Å². The first-order chi connectivity index (χ1) is 21.8. The van der Waals surface area contributed by atoms with Gasteiger partial charge < -0.3 is 19.9 Å². The van der Waals surface area contributed by atoms with E-state index in [1.165, 1.54) is 41.3 Å². The third kappa shape index (κ3) is 6.73. The molecule has 2 heterocycles. The van der Waals surface area contributed by atoms with Crippen LogP contribution in [-0.4, -0.2) is 66.4 Å². The van der Waals surface area contributed by atoms with Crippen molar-refractivity contribution >= 4 is 45.2 Å². The predicted octanol–water partition coefficient (Wildman–Crippen LogP) is 3.77. The van der Waals surface area contributed by atoms with Crippen molar-refractivity contribution in [1.82, 2.24) is 14.8 Å². The molecule has 1 fully saturated rings. The Morgan fingerprint density at radius 3 is 2.11 bits per heavy atom. The van der Waals surface area contributed by atoms with Crippen molar-refractivity contribution in [3.8, 4) is 5.69 Å². The smallest absolute Gasteiger partial charge is 0.331 e. The van der Waals surface area contributed by atoms with Gasteiger partial charge in [-0.1, -0.05) is 12.1 Å². The molecule has 12 nitrogen and oxygen atoms in total. The Kier molecular flexibility index (Phi) is 8.87. The van der Waals surface area contributed by atoms with Crippen LogP contribution in [0.2, 0.25) is 0 Å². The fourth-order valence-electron chi connectivity index (χ4n) is 4.82. The lowest BCUT2D eigenvalue weighted by Crippen LogP contribution is -2.50. The van der Waals surface area contributed by atoms with Gasteiger partial charge in [0.1, 0.15) is 23.2 Å². The number of nitrogens with zero attached hydrogens (tertiary/aromatic N) is 3. The molecule has 0 radical (unpaired) electrons. The van der Waals surface area contributed by atoms with Crippen molar-refractivity contribution in [2.75, 3.05) is 23.2 Å². The summed E-state index contributed by atoms with van der Waals surface area (Å²) >= 11 is 0. The summed E-state index contributed by atoms with van der Waals surface area (Å²) in [5.74, 6) is -6.10. The zero-order valence-corrected chi connectivity index (χ0v) is 25.0. The van der Waals surface area contributed by atoms with Crippen LogP contribution in [-0.2, 0) is 26.0 Å². The average Bonchev–Trinajstić information content (AvgIpc) is 3.54. The zero-order valence-electron chi connectivity index (χ0n) is 24.2. The van der Waals surface area contributed by atoms with Crippen LogP contribution in [0.25, 0.3) is 5.69 Å². The lowest BCUT2D eigenvalue weighted by molar-refractivity contribution is -0.139. The molecule has 1 aliphatic heterocycles. The summed E-state index contributed by atoms with van der Waals surface area (Å²) in [7, 11) is -2.71. The number of hydrogen-bond acceptors (Lipinski definition) is 6. The number of aromatic nitrogens is 1. The minimum Gasteiger partial charge on any atom is -0.480 e. The van der Waals surface area contributed by atoms with E-state index < -0.39 is 62.8 Å². The molecule has 0 aliphatic carbocycles. The maximum absolute atomic E-state index is 15.0. The van der Waals surface area contributed by atoms with Crippen molar-refractivity contribution in [2.24, 2.45) is 0 Å². The number of carboxylic acids is 1. The number of halogens is 2. The minimum atomic E-state index is -4.26. The number of carbonyl (C=O) groups excluding carboxylic acids is 3. The van der Waals surface area contributed by atoms with E-state index in [4.69, 9.17) is 0 Å². The zero-order chi connectivity index (χ0) is 33.2. The van der Waals surface area contributed by atoms with E-state index in [-0.39, 0.29) is 30.0 Å². The third-order valence-electron chi connectivity index (χ3n) is 7.24. The number of urea groups is 1. The number of carbonyl (C=O) groups is 4. The van der Waals surface area contributed by atoms with Crippen LogP contribution >= 0.6 is 0 Å². The molecule has 0 saturated carbocycles. The standard InChI is InChI=1S/C31H27F2N5O7S/c1-36-15-12-27(39)38(31(36)43)22-6-4-19(5-7-22)16-26(30(41)42)34-29(40)28-24(32)17-20(18-25(28)33)35-46(44,45)23-10-8-21(9-11-23)37-13-2-3-14-37/h2-11,13-14,17-18,26,35H,12,15-16H2,1H3,(H,34,40)(H,41,42)/t26-/m0/s1. The molecular weight excluding hydrogens is 624 g/mol. The molecule has 0 bridgehead atoms. The van der Waals surface area contributed by atoms with Gasteiger partial charge in [0.2, 0.25) is 5.91 Å². The third-order valence-corrected chi connectivity index (χ3v) is 8.63. The largest absolute Gasteiger partial charge is 0.480 e. The van der Waals surface area contributed by atoms with Gasteiger partial charge in [0.25, 0.3) is 15.9 Å². The van der Waals surface area contributed by atoms with Gasteiger partial charge >= 0.3 is 12.0 Å². The summed E-state index contributed by atoms with van der Waals surface area (Å²) in [4.78, 5) is 51.6. The molecular formula is C31H27F2N5O7S. The minimum absolute atomic E-state index is 0.139. The summed E-state index contributed by atoms with van der Waals surface area (Å²) in [6, 6.07) is 14.2. The summed E-state index contributed by atoms with van der Waals surface area (Å²) in [5, 5.41) is 11.8. The molecule has 4 amide bonds. The first-order valence-corrected chi connectivity index (χ1v) is 15.3. The van der Waals surface area contributed by atoms with Gasteiger partial charge in [0, 0.05) is 44.5 Å². The quantitative estimate of drug-likeness (QED) is 0.236. The molecule has 46 heavy (non-hydrogen) atoms. The lowest BCUT2D eigenvalue weighted by Gasteiger charge is -2.31.